The molecule has 0 bridgehead atoms. The first-order chi connectivity index (χ1) is 15.5. The molecule has 172 valence electrons. The number of carbonyl (C=O) groups excluding carboxylic acids is 2. The van der Waals surface area contributed by atoms with Crippen LogP contribution in [0.4, 0.5) is 29.7 Å². The van der Waals surface area contributed by atoms with Crippen LogP contribution in [0.15, 0.2) is 47.8 Å². The number of rotatable bonds is 6. The number of nitro groups is 1. The van der Waals surface area contributed by atoms with Crippen molar-refractivity contribution in [2.24, 2.45) is 0 Å². The van der Waals surface area contributed by atoms with Crippen molar-refractivity contribution >= 4 is 51.3 Å². The lowest BCUT2D eigenvalue weighted by Gasteiger charge is -2.19. The van der Waals surface area contributed by atoms with Crippen LogP contribution in [-0.2, 0) is 22.3 Å². The molecule has 0 atom stereocenters. The van der Waals surface area contributed by atoms with Gasteiger partial charge in [-0.1, -0.05) is 17.7 Å². The van der Waals surface area contributed by atoms with Crippen molar-refractivity contribution in [3.63, 3.8) is 0 Å². The summed E-state index contributed by atoms with van der Waals surface area (Å²) >= 11 is 6.68. The van der Waals surface area contributed by atoms with E-state index in [0.717, 1.165) is 34.4 Å². The molecule has 0 saturated carbocycles. The molecular weight excluding hydrogens is 487 g/mol. The molecule has 0 radical (unpaired) electrons. The molecule has 33 heavy (non-hydrogen) atoms. The summed E-state index contributed by atoms with van der Waals surface area (Å²) in [5.74, 6) is -1.44. The highest BCUT2D eigenvalue weighted by Gasteiger charge is 2.31. The van der Waals surface area contributed by atoms with Crippen LogP contribution in [-0.4, -0.2) is 21.8 Å². The third kappa shape index (κ3) is 5.65. The minimum Gasteiger partial charge on any atom is -0.456 e. The fourth-order valence-corrected chi connectivity index (χ4v) is 3.77. The lowest BCUT2D eigenvalue weighted by molar-refractivity contribution is -0.384. The molecule has 0 aliphatic carbocycles. The number of aromatic nitrogens is 1. The number of benzene rings is 2. The SMILES string of the molecule is CC(=O)N(c1cccc(C(F)(F)F)c1)c1nc(COC(=O)c2ccc(Cl)c([N+](=O)[O-])c2)cs1. The molecule has 1 heterocycles. The zero-order valence-electron chi connectivity index (χ0n) is 16.6. The Morgan fingerprint density at radius 2 is 1.97 bits per heavy atom. The average Bonchev–Trinajstić information content (AvgIpc) is 3.20. The second-order valence-corrected chi connectivity index (χ2v) is 7.77. The van der Waals surface area contributed by atoms with Crippen LogP contribution < -0.4 is 4.90 Å². The summed E-state index contributed by atoms with van der Waals surface area (Å²) in [6, 6.07) is 7.65. The standard InChI is InChI=1S/C20H13ClF3N3O5S/c1-11(28)26(15-4-2-3-13(8-15)20(22,23)24)19-25-14(10-33-19)9-32-18(29)12-5-6-16(21)17(7-12)27(30)31/h2-8,10H,9H2,1H3. The van der Waals surface area contributed by atoms with Gasteiger partial charge in [-0.3, -0.25) is 19.8 Å². The quantitative estimate of drug-likeness (QED) is 0.242. The van der Waals surface area contributed by atoms with Gasteiger partial charge in [-0.2, -0.15) is 13.2 Å². The van der Waals surface area contributed by atoms with Gasteiger partial charge in [0.2, 0.25) is 5.91 Å². The lowest BCUT2D eigenvalue weighted by atomic mass is 10.2. The van der Waals surface area contributed by atoms with Crippen LogP contribution in [0.2, 0.25) is 5.02 Å². The second-order valence-electron chi connectivity index (χ2n) is 6.52. The van der Waals surface area contributed by atoms with Crippen LogP contribution in [0, 0.1) is 10.1 Å². The van der Waals surface area contributed by atoms with E-state index >= 15 is 0 Å². The van der Waals surface area contributed by atoms with Crippen LogP contribution in [0.1, 0.15) is 28.5 Å². The summed E-state index contributed by atoms with van der Waals surface area (Å²) in [4.78, 5) is 39.7. The van der Waals surface area contributed by atoms with E-state index in [1.54, 1.807) is 0 Å². The Hall–Kier alpha value is -3.51. The molecule has 0 saturated heterocycles. The number of thiazole rings is 1. The van der Waals surface area contributed by atoms with Crippen molar-refractivity contribution in [2.45, 2.75) is 19.7 Å². The number of carbonyl (C=O) groups is 2. The van der Waals surface area contributed by atoms with Crippen LogP contribution in [0.3, 0.4) is 0 Å². The van der Waals surface area contributed by atoms with E-state index in [-0.39, 0.29) is 33.7 Å². The van der Waals surface area contributed by atoms with Gasteiger partial charge in [0.15, 0.2) is 5.13 Å². The number of ether oxygens (including phenoxy) is 1. The molecule has 8 nitrogen and oxygen atoms in total. The number of anilines is 2. The smallest absolute Gasteiger partial charge is 0.416 e. The Morgan fingerprint density at radius 1 is 1.24 bits per heavy atom. The molecule has 3 aromatic rings. The van der Waals surface area contributed by atoms with Crippen molar-refractivity contribution in [2.75, 3.05) is 4.90 Å². The van der Waals surface area contributed by atoms with Gasteiger partial charge in [-0.15, -0.1) is 11.3 Å². The number of alkyl halides is 3. The molecule has 0 unspecified atom stereocenters. The number of esters is 1. The number of halogens is 4. The third-order valence-corrected chi connectivity index (χ3v) is 5.40. The van der Waals surface area contributed by atoms with Crippen LogP contribution in [0.25, 0.3) is 0 Å². The zero-order chi connectivity index (χ0) is 24.3. The van der Waals surface area contributed by atoms with E-state index in [4.69, 9.17) is 16.3 Å². The maximum atomic E-state index is 13.0. The van der Waals surface area contributed by atoms with E-state index < -0.39 is 34.2 Å². The Balaban J connectivity index is 1.77. The summed E-state index contributed by atoms with van der Waals surface area (Å²) in [5.41, 5.74) is -1.28. The topological polar surface area (TPSA) is 103 Å². The predicted molar refractivity (Wildman–Crippen MR) is 114 cm³/mol. The number of amides is 1. The monoisotopic (exact) mass is 499 g/mol. The molecule has 0 N–H and O–H groups in total. The van der Waals surface area contributed by atoms with E-state index in [1.807, 2.05) is 0 Å². The van der Waals surface area contributed by atoms with E-state index in [2.05, 4.69) is 4.98 Å². The Kier molecular flexibility index (Phi) is 6.98. The van der Waals surface area contributed by atoms with Crippen molar-refractivity contribution < 1.29 is 32.4 Å². The van der Waals surface area contributed by atoms with Gasteiger partial charge in [0.25, 0.3) is 5.69 Å². The molecule has 0 aliphatic heterocycles. The lowest BCUT2D eigenvalue weighted by Crippen LogP contribution is -2.23. The molecule has 1 amide bonds. The number of hydrogen-bond acceptors (Lipinski definition) is 7. The highest BCUT2D eigenvalue weighted by atomic mass is 35.5. The maximum Gasteiger partial charge on any atom is 0.416 e. The van der Waals surface area contributed by atoms with E-state index in [1.165, 1.54) is 36.6 Å². The first-order valence-corrected chi connectivity index (χ1v) is 10.3. The van der Waals surface area contributed by atoms with Gasteiger partial charge in [0, 0.05) is 18.4 Å². The normalized spacial score (nSPS) is 11.2. The highest BCUT2D eigenvalue weighted by molar-refractivity contribution is 7.14. The van der Waals surface area contributed by atoms with E-state index in [9.17, 15) is 32.9 Å². The summed E-state index contributed by atoms with van der Waals surface area (Å²) in [5, 5.41) is 12.4. The highest BCUT2D eigenvalue weighted by Crippen LogP contribution is 2.35. The summed E-state index contributed by atoms with van der Waals surface area (Å²) in [6.45, 7) is 0.842. The summed E-state index contributed by atoms with van der Waals surface area (Å²) in [7, 11) is 0. The Bertz CT molecular complexity index is 1230. The van der Waals surface area contributed by atoms with Crippen molar-refractivity contribution in [1.82, 2.24) is 4.98 Å². The third-order valence-electron chi connectivity index (χ3n) is 4.21. The molecule has 1 aromatic heterocycles. The van der Waals surface area contributed by atoms with Gasteiger partial charge in [0.05, 0.1) is 27.4 Å². The average molecular weight is 500 g/mol. The first-order valence-electron chi connectivity index (χ1n) is 9.01. The largest absolute Gasteiger partial charge is 0.456 e. The molecule has 2 aromatic carbocycles. The Labute approximate surface area is 193 Å². The number of hydrogen-bond donors (Lipinski definition) is 0. The van der Waals surface area contributed by atoms with Crippen molar-refractivity contribution in [3.8, 4) is 0 Å². The molecule has 3 rings (SSSR count). The molecule has 0 fully saturated rings. The van der Waals surface area contributed by atoms with Gasteiger partial charge in [-0.25, -0.2) is 9.78 Å². The second kappa shape index (κ2) is 9.55. The van der Waals surface area contributed by atoms with E-state index in [0.29, 0.717) is 0 Å². The maximum absolute atomic E-state index is 13.0. The van der Waals surface area contributed by atoms with Gasteiger partial charge >= 0.3 is 12.1 Å². The predicted octanol–water partition coefficient (Wildman–Crippen LogP) is 5.77. The zero-order valence-corrected chi connectivity index (χ0v) is 18.2. The van der Waals surface area contributed by atoms with Crippen LogP contribution >= 0.6 is 22.9 Å². The van der Waals surface area contributed by atoms with Gasteiger partial charge in [0.1, 0.15) is 11.6 Å². The fourth-order valence-electron chi connectivity index (χ4n) is 2.72. The van der Waals surface area contributed by atoms with Crippen molar-refractivity contribution in [1.29, 1.82) is 0 Å². The Morgan fingerprint density at radius 3 is 2.61 bits per heavy atom. The van der Waals surface area contributed by atoms with Gasteiger partial charge in [-0.05, 0) is 30.3 Å². The minimum atomic E-state index is -4.59. The van der Waals surface area contributed by atoms with Crippen LogP contribution in [0.5, 0.6) is 0 Å². The minimum absolute atomic E-state index is 0.0244. The number of nitro benzene ring substituents is 1. The molecule has 0 aliphatic rings. The van der Waals surface area contributed by atoms with Crippen molar-refractivity contribution in [3.05, 3.63) is 79.8 Å². The fraction of sp³-hybridized carbons (Fsp3) is 0.150. The molecule has 13 heteroatoms. The summed E-state index contributed by atoms with van der Waals surface area (Å²) in [6.07, 6.45) is -4.59. The summed E-state index contributed by atoms with van der Waals surface area (Å²) < 4.78 is 44.2. The first kappa shape index (κ1) is 24.1. The van der Waals surface area contributed by atoms with Gasteiger partial charge < -0.3 is 4.74 Å². The molecule has 0 spiro atoms. The molecular formula is C20H13ClF3N3O5S. The number of nitrogens with zero attached hydrogens (tertiary/aromatic N) is 3.